The van der Waals surface area contributed by atoms with E-state index >= 15 is 0 Å². The molecule has 92 valence electrons. The van der Waals surface area contributed by atoms with Crippen LogP contribution in [-0.4, -0.2) is 16.8 Å². The van der Waals surface area contributed by atoms with Crippen LogP contribution in [0.3, 0.4) is 0 Å². The molecule has 17 heavy (non-hydrogen) atoms. The van der Waals surface area contributed by atoms with E-state index in [0.29, 0.717) is 0 Å². The molecule has 1 aliphatic rings. The summed E-state index contributed by atoms with van der Waals surface area (Å²) in [5.74, 6) is 0.218. The van der Waals surface area contributed by atoms with Crippen molar-refractivity contribution in [2.75, 3.05) is 5.33 Å². The Morgan fingerprint density at radius 3 is 2.82 bits per heavy atom. The lowest BCUT2D eigenvalue weighted by atomic mass is 9.76. The fraction of sp³-hybridized carbons (Fsp3) is 0.500. The van der Waals surface area contributed by atoms with E-state index in [1.54, 1.807) is 0 Å². The van der Waals surface area contributed by atoms with Gasteiger partial charge in [-0.05, 0) is 37.8 Å². The third-order valence-electron chi connectivity index (χ3n) is 3.35. The standard InChI is InChI=1S/C14H18BrNO/c1-14(2,7-8-15)16-13(17)12-9-10-5-3-4-6-11(10)12/h3-6,12H,7-9H2,1-2H3,(H,16,17). The summed E-state index contributed by atoms with van der Waals surface area (Å²) in [6.07, 6.45) is 1.82. The van der Waals surface area contributed by atoms with Gasteiger partial charge < -0.3 is 5.32 Å². The van der Waals surface area contributed by atoms with E-state index < -0.39 is 0 Å². The molecule has 1 aliphatic carbocycles. The minimum Gasteiger partial charge on any atom is -0.351 e. The van der Waals surface area contributed by atoms with E-state index in [2.05, 4.69) is 47.2 Å². The molecule has 0 heterocycles. The lowest BCUT2D eigenvalue weighted by Gasteiger charge is -2.33. The maximum Gasteiger partial charge on any atom is 0.228 e. The van der Waals surface area contributed by atoms with Crippen LogP contribution in [0.1, 0.15) is 37.3 Å². The number of nitrogens with one attached hydrogen (secondary N) is 1. The molecule has 1 unspecified atom stereocenters. The van der Waals surface area contributed by atoms with E-state index in [9.17, 15) is 4.79 Å². The van der Waals surface area contributed by atoms with Gasteiger partial charge in [0.2, 0.25) is 5.91 Å². The highest BCUT2D eigenvalue weighted by Crippen LogP contribution is 2.35. The van der Waals surface area contributed by atoms with Crippen molar-refractivity contribution in [1.82, 2.24) is 5.32 Å². The summed E-state index contributed by atoms with van der Waals surface area (Å²) >= 11 is 3.42. The Labute approximate surface area is 111 Å². The number of halogens is 1. The van der Waals surface area contributed by atoms with Gasteiger partial charge in [-0.2, -0.15) is 0 Å². The van der Waals surface area contributed by atoms with Crippen molar-refractivity contribution in [2.45, 2.75) is 38.1 Å². The molecule has 0 fully saturated rings. The largest absolute Gasteiger partial charge is 0.351 e. The number of hydrogen-bond donors (Lipinski definition) is 1. The highest BCUT2D eigenvalue weighted by Gasteiger charge is 2.33. The smallest absolute Gasteiger partial charge is 0.228 e. The van der Waals surface area contributed by atoms with Gasteiger partial charge in [-0.1, -0.05) is 40.2 Å². The molecule has 0 aliphatic heterocycles. The molecule has 1 aromatic rings. The van der Waals surface area contributed by atoms with Crippen LogP contribution in [0.25, 0.3) is 0 Å². The summed E-state index contributed by atoms with van der Waals surface area (Å²) < 4.78 is 0. The predicted octanol–water partition coefficient (Wildman–Crippen LogP) is 3.01. The summed E-state index contributed by atoms with van der Waals surface area (Å²) in [4.78, 5) is 12.2. The summed E-state index contributed by atoms with van der Waals surface area (Å²) in [6.45, 7) is 4.13. The Morgan fingerprint density at radius 1 is 1.47 bits per heavy atom. The molecule has 2 rings (SSSR count). The van der Waals surface area contributed by atoms with Gasteiger partial charge in [-0.25, -0.2) is 0 Å². The van der Waals surface area contributed by atoms with Gasteiger partial charge in [0.1, 0.15) is 0 Å². The molecule has 0 radical (unpaired) electrons. The second kappa shape index (κ2) is 4.81. The fourth-order valence-electron chi connectivity index (χ4n) is 2.21. The summed E-state index contributed by atoms with van der Waals surface area (Å²) in [5.41, 5.74) is 2.37. The highest BCUT2D eigenvalue weighted by molar-refractivity contribution is 9.09. The normalized spacial score (nSPS) is 18.2. The first-order valence-electron chi connectivity index (χ1n) is 5.99. The van der Waals surface area contributed by atoms with Gasteiger partial charge in [-0.3, -0.25) is 4.79 Å². The number of rotatable bonds is 4. The van der Waals surface area contributed by atoms with E-state index in [1.807, 2.05) is 12.1 Å². The number of fused-ring (bicyclic) bond motifs is 1. The van der Waals surface area contributed by atoms with E-state index in [-0.39, 0.29) is 17.4 Å². The number of alkyl halides is 1. The first-order valence-corrected chi connectivity index (χ1v) is 7.11. The Hall–Kier alpha value is -0.830. The molecule has 0 saturated heterocycles. The lowest BCUT2D eigenvalue weighted by molar-refractivity contribution is -0.124. The van der Waals surface area contributed by atoms with Crippen molar-refractivity contribution in [3.05, 3.63) is 35.4 Å². The van der Waals surface area contributed by atoms with Crippen molar-refractivity contribution >= 4 is 21.8 Å². The van der Waals surface area contributed by atoms with Crippen molar-refractivity contribution in [3.8, 4) is 0 Å². The molecule has 0 aromatic heterocycles. The highest BCUT2D eigenvalue weighted by atomic mass is 79.9. The van der Waals surface area contributed by atoms with Crippen LogP contribution < -0.4 is 5.32 Å². The zero-order chi connectivity index (χ0) is 12.5. The van der Waals surface area contributed by atoms with Gasteiger partial charge in [0.05, 0.1) is 5.92 Å². The van der Waals surface area contributed by atoms with Crippen LogP contribution in [0.5, 0.6) is 0 Å². The molecule has 1 N–H and O–H groups in total. The van der Waals surface area contributed by atoms with Gasteiger partial charge in [0, 0.05) is 10.9 Å². The van der Waals surface area contributed by atoms with E-state index in [1.165, 1.54) is 11.1 Å². The molecular formula is C14H18BrNO. The van der Waals surface area contributed by atoms with E-state index in [4.69, 9.17) is 0 Å². The summed E-state index contributed by atoms with van der Waals surface area (Å²) in [5, 5.41) is 4.04. The number of amides is 1. The molecular weight excluding hydrogens is 278 g/mol. The molecule has 0 bridgehead atoms. The number of carbonyl (C=O) groups is 1. The van der Waals surface area contributed by atoms with Gasteiger partial charge in [0.15, 0.2) is 0 Å². The van der Waals surface area contributed by atoms with Crippen LogP contribution >= 0.6 is 15.9 Å². The zero-order valence-corrected chi connectivity index (χ0v) is 11.9. The quantitative estimate of drug-likeness (QED) is 0.850. The first kappa shape index (κ1) is 12.6. The van der Waals surface area contributed by atoms with Gasteiger partial charge in [-0.15, -0.1) is 0 Å². The second-order valence-corrected chi connectivity index (χ2v) is 6.06. The minimum atomic E-state index is -0.134. The average molecular weight is 296 g/mol. The maximum absolute atomic E-state index is 12.2. The third-order valence-corrected chi connectivity index (χ3v) is 3.75. The number of benzene rings is 1. The lowest BCUT2D eigenvalue weighted by Crippen LogP contribution is -2.47. The molecule has 3 heteroatoms. The molecule has 1 aromatic carbocycles. The SMILES string of the molecule is CC(C)(CCBr)NC(=O)C1Cc2ccccc21. The molecule has 0 saturated carbocycles. The molecule has 1 atom stereocenters. The monoisotopic (exact) mass is 295 g/mol. The Balaban J connectivity index is 2.00. The summed E-state index contributed by atoms with van der Waals surface area (Å²) in [7, 11) is 0. The van der Waals surface area contributed by atoms with Gasteiger partial charge >= 0.3 is 0 Å². The molecule has 0 spiro atoms. The Bertz CT molecular complexity index is 428. The Morgan fingerprint density at radius 2 is 2.18 bits per heavy atom. The zero-order valence-electron chi connectivity index (χ0n) is 10.3. The molecule has 2 nitrogen and oxygen atoms in total. The van der Waals surface area contributed by atoms with Crippen LogP contribution in [0.15, 0.2) is 24.3 Å². The second-order valence-electron chi connectivity index (χ2n) is 5.27. The molecule has 1 amide bonds. The number of carbonyl (C=O) groups excluding carboxylic acids is 1. The predicted molar refractivity (Wildman–Crippen MR) is 73.5 cm³/mol. The summed E-state index contributed by atoms with van der Waals surface area (Å²) in [6, 6.07) is 8.19. The maximum atomic E-state index is 12.2. The number of hydrogen-bond acceptors (Lipinski definition) is 1. The van der Waals surface area contributed by atoms with Crippen molar-refractivity contribution in [2.24, 2.45) is 0 Å². The van der Waals surface area contributed by atoms with Crippen molar-refractivity contribution in [3.63, 3.8) is 0 Å². The van der Waals surface area contributed by atoms with E-state index in [0.717, 1.165) is 18.2 Å². The van der Waals surface area contributed by atoms with Crippen molar-refractivity contribution < 1.29 is 4.79 Å². The average Bonchev–Trinajstić information content (AvgIpc) is 2.18. The van der Waals surface area contributed by atoms with Crippen molar-refractivity contribution in [1.29, 1.82) is 0 Å². The first-order chi connectivity index (χ1) is 8.03. The topological polar surface area (TPSA) is 29.1 Å². The van der Waals surface area contributed by atoms with Gasteiger partial charge in [0.25, 0.3) is 0 Å². The van der Waals surface area contributed by atoms with Crippen LogP contribution in [-0.2, 0) is 11.2 Å². The fourth-order valence-corrected chi connectivity index (χ4v) is 3.20. The third kappa shape index (κ3) is 2.71. The van der Waals surface area contributed by atoms with Crippen LogP contribution in [0.2, 0.25) is 0 Å². The Kier molecular flexibility index (Phi) is 3.57. The van der Waals surface area contributed by atoms with Crippen LogP contribution in [0, 0.1) is 0 Å². The van der Waals surface area contributed by atoms with Crippen LogP contribution in [0.4, 0.5) is 0 Å². The minimum absolute atomic E-state index is 0.0563.